The maximum atomic E-state index is 12.8. The van der Waals surface area contributed by atoms with Crippen molar-refractivity contribution < 1.29 is 17.9 Å². The predicted octanol–water partition coefficient (Wildman–Crippen LogP) is 2.22. The fraction of sp³-hybridized carbons (Fsp3) is 0.500. The number of carbonyl (C=O) groups excluding carboxylic acids is 1. The van der Waals surface area contributed by atoms with E-state index in [0.29, 0.717) is 30.2 Å². The first kappa shape index (κ1) is 18.0. The number of ether oxygens (including phenoxy) is 1. The smallest absolute Gasteiger partial charge is 0.255 e. The molecule has 0 spiro atoms. The Hall–Kier alpha value is -0.380. The summed E-state index contributed by atoms with van der Waals surface area (Å²) in [6, 6.07) is 4.81. The Bertz CT molecular complexity index is 665. The van der Waals surface area contributed by atoms with Crippen LogP contribution in [0, 0.1) is 3.57 Å². The van der Waals surface area contributed by atoms with E-state index in [1.165, 1.54) is 0 Å². The molecule has 1 amide bonds. The van der Waals surface area contributed by atoms with E-state index in [2.05, 4.69) is 22.6 Å². The van der Waals surface area contributed by atoms with Gasteiger partial charge in [-0.05, 0) is 47.2 Å². The summed E-state index contributed by atoms with van der Waals surface area (Å²) >= 11 is 8.06. The Labute approximate surface area is 149 Å². The standard InChI is InChI=1S/C14H17ClINO4S/c1-21-6-5-17(11-4-7-22(19,20)9-11)14(18)12-8-10(15)2-3-13(12)16/h2-3,8,11H,4-7,9H2,1H3. The van der Waals surface area contributed by atoms with Gasteiger partial charge in [-0.2, -0.15) is 0 Å². The van der Waals surface area contributed by atoms with E-state index in [0.717, 1.165) is 3.57 Å². The minimum atomic E-state index is -3.06. The molecule has 1 aliphatic heterocycles. The topological polar surface area (TPSA) is 63.7 Å². The van der Waals surface area contributed by atoms with Crippen molar-refractivity contribution in [2.75, 3.05) is 31.8 Å². The van der Waals surface area contributed by atoms with Crippen LogP contribution in [0.1, 0.15) is 16.8 Å². The molecule has 1 atom stereocenters. The quantitative estimate of drug-likeness (QED) is 0.636. The number of sulfone groups is 1. The van der Waals surface area contributed by atoms with E-state index in [1.54, 1.807) is 30.2 Å². The fourth-order valence-corrected chi connectivity index (χ4v) is 4.95. The van der Waals surface area contributed by atoms with Crippen molar-refractivity contribution in [1.82, 2.24) is 4.90 Å². The molecular formula is C14H17ClINO4S. The van der Waals surface area contributed by atoms with Crippen LogP contribution >= 0.6 is 34.2 Å². The van der Waals surface area contributed by atoms with Crippen LogP contribution in [0.3, 0.4) is 0 Å². The van der Waals surface area contributed by atoms with Crippen molar-refractivity contribution in [3.63, 3.8) is 0 Å². The SMILES string of the molecule is COCCN(C(=O)c1cc(Cl)ccc1I)C1CCS(=O)(=O)C1. The highest BCUT2D eigenvalue weighted by molar-refractivity contribution is 14.1. The number of carbonyl (C=O) groups is 1. The third-order valence-corrected chi connectivity index (χ3v) is 6.53. The van der Waals surface area contributed by atoms with Crippen molar-refractivity contribution in [2.45, 2.75) is 12.5 Å². The molecule has 0 aromatic heterocycles. The zero-order chi connectivity index (χ0) is 16.3. The van der Waals surface area contributed by atoms with Gasteiger partial charge in [0.1, 0.15) is 0 Å². The third-order valence-electron chi connectivity index (χ3n) is 3.61. The van der Waals surface area contributed by atoms with Gasteiger partial charge in [0.2, 0.25) is 0 Å². The molecule has 0 N–H and O–H groups in total. The highest BCUT2D eigenvalue weighted by atomic mass is 127. The van der Waals surface area contributed by atoms with Gasteiger partial charge in [0.15, 0.2) is 9.84 Å². The molecule has 1 aromatic rings. The average molecular weight is 458 g/mol. The lowest BCUT2D eigenvalue weighted by atomic mass is 10.1. The molecule has 8 heteroatoms. The van der Waals surface area contributed by atoms with Crippen LogP contribution in [0.25, 0.3) is 0 Å². The molecule has 0 bridgehead atoms. The molecule has 1 aliphatic rings. The van der Waals surface area contributed by atoms with Crippen molar-refractivity contribution >= 4 is 49.9 Å². The van der Waals surface area contributed by atoms with Crippen molar-refractivity contribution in [1.29, 1.82) is 0 Å². The summed E-state index contributed by atoms with van der Waals surface area (Å²) in [7, 11) is -1.51. The van der Waals surface area contributed by atoms with Gasteiger partial charge in [-0.15, -0.1) is 0 Å². The summed E-state index contributed by atoms with van der Waals surface area (Å²) in [6.07, 6.45) is 0.467. The lowest BCUT2D eigenvalue weighted by Crippen LogP contribution is -2.43. The number of amides is 1. The van der Waals surface area contributed by atoms with E-state index in [9.17, 15) is 13.2 Å². The second kappa shape index (κ2) is 7.46. The van der Waals surface area contributed by atoms with Crippen LogP contribution in [-0.2, 0) is 14.6 Å². The van der Waals surface area contributed by atoms with Crippen LogP contribution in [0.2, 0.25) is 5.02 Å². The summed E-state index contributed by atoms with van der Waals surface area (Å²) in [5.41, 5.74) is 0.494. The van der Waals surface area contributed by atoms with Crippen molar-refractivity contribution in [3.8, 4) is 0 Å². The normalized spacial score (nSPS) is 20.0. The predicted molar refractivity (Wildman–Crippen MR) is 94.1 cm³/mol. The van der Waals surface area contributed by atoms with Gasteiger partial charge >= 0.3 is 0 Å². The number of methoxy groups -OCH3 is 1. The monoisotopic (exact) mass is 457 g/mol. The van der Waals surface area contributed by atoms with Crippen molar-refractivity contribution in [2.24, 2.45) is 0 Å². The molecule has 0 radical (unpaired) electrons. The molecule has 22 heavy (non-hydrogen) atoms. The van der Waals surface area contributed by atoms with Crippen LogP contribution in [0.4, 0.5) is 0 Å². The maximum absolute atomic E-state index is 12.8. The molecule has 1 saturated heterocycles. The first-order valence-corrected chi connectivity index (χ1v) is 10.1. The van der Waals surface area contributed by atoms with Crippen LogP contribution in [-0.4, -0.2) is 57.0 Å². The van der Waals surface area contributed by atoms with E-state index in [1.807, 2.05) is 0 Å². The zero-order valence-corrected chi connectivity index (χ0v) is 15.8. The molecule has 1 unspecified atom stereocenters. The van der Waals surface area contributed by atoms with Gasteiger partial charge in [-0.3, -0.25) is 4.79 Å². The Morgan fingerprint density at radius 2 is 2.23 bits per heavy atom. The number of nitrogens with zero attached hydrogens (tertiary/aromatic N) is 1. The third kappa shape index (κ3) is 4.33. The maximum Gasteiger partial charge on any atom is 0.255 e. The summed E-state index contributed by atoms with van der Waals surface area (Å²) in [6.45, 7) is 0.720. The minimum absolute atomic E-state index is 0.0135. The van der Waals surface area contributed by atoms with Gasteiger partial charge in [0.25, 0.3) is 5.91 Å². The average Bonchev–Trinajstić information content (AvgIpc) is 2.82. The molecule has 122 valence electrons. The molecule has 1 fully saturated rings. The number of hydrogen-bond donors (Lipinski definition) is 0. The Morgan fingerprint density at radius 3 is 2.82 bits per heavy atom. The molecule has 5 nitrogen and oxygen atoms in total. The highest BCUT2D eigenvalue weighted by Gasteiger charge is 2.35. The molecular weight excluding hydrogens is 441 g/mol. The number of hydrogen-bond acceptors (Lipinski definition) is 4. The van der Waals surface area contributed by atoms with Gasteiger partial charge in [0, 0.05) is 28.3 Å². The molecule has 0 aliphatic carbocycles. The van der Waals surface area contributed by atoms with Crippen LogP contribution < -0.4 is 0 Å². The Kier molecular flexibility index (Phi) is 6.09. The van der Waals surface area contributed by atoms with E-state index >= 15 is 0 Å². The summed E-state index contributed by atoms with van der Waals surface area (Å²) in [5.74, 6) is -0.0632. The van der Waals surface area contributed by atoms with Gasteiger partial charge in [0.05, 0.1) is 23.7 Å². The molecule has 2 rings (SSSR count). The largest absolute Gasteiger partial charge is 0.383 e. The fourth-order valence-electron chi connectivity index (χ4n) is 2.48. The Balaban J connectivity index is 2.28. The summed E-state index contributed by atoms with van der Waals surface area (Å²) < 4.78 is 29.3. The van der Waals surface area contributed by atoms with E-state index in [-0.39, 0.29) is 23.5 Å². The van der Waals surface area contributed by atoms with Crippen LogP contribution in [0.15, 0.2) is 18.2 Å². The number of rotatable bonds is 5. The first-order valence-electron chi connectivity index (χ1n) is 6.79. The molecule has 1 aromatic carbocycles. The van der Waals surface area contributed by atoms with E-state index in [4.69, 9.17) is 16.3 Å². The minimum Gasteiger partial charge on any atom is -0.383 e. The number of halogens is 2. The molecule has 1 heterocycles. The van der Waals surface area contributed by atoms with Gasteiger partial charge in [-0.25, -0.2) is 8.42 Å². The second-order valence-electron chi connectivity index (χ2n) is 5.17. The highest BCUT2D eigenvalue weighted by Crippen LogP contribution is 2.24. The lowest BCUT2D eigenvalue weighted by molar-refractivity contribution is 0.0623. The van der Waals surface area contributed by atoms with Gasteiger partial charge in [-0.1, -0.05) is 11.6 Å². The van der Waals surface area contributed by atoms with Gasteiger partial charge < -0.3 is 9.64 Å². The summed E-state index contributed by atoms with van der Waals surface area (Å²) in [4.78, 5) is 14.4. The zero-order valence-electron chi connectivity index (χ0n) is 12.1. The number of benzene rings is 1. The molecule has 0 saturated carbocycles. The first-order chi connectivity index (χ1) is 10.3. The second-order valence-corrected chi connectivity index (χ2v) is 9.00. The van der Waals surface area contributed by atoms with Crippen LogP contribution in [0.5, 0.6) is 0 Å². The van der Waals surface area contributed by atoms with E-state index < -0.39 is 9.84 Å². The van der Waals surface area contributed by atoms with Crippen molar-refractivity contribution in [3.05, 3.63) is 32.4 Å². The lowest BCUT2D eigenvalue weighted by Gasteiger charge is -2.28. The summed E-state index contributed by atoms with van der Waals surface area (Å²) in [5, 5.41) is 0.481. The Morgan fingerprint density at radius 1 is 1.50 bits per heavy atom.